The number of hydrogen-bond donors (Lipinski definition) is 1. The number of nitrogens with zero attached hydrogens (tertiary/aromatic N) is 2. The number of halogens is 2. The molecule has 0 saturated carbocycles. The van der Waals surface area contributed by atoms with Gasteiger partial charge in [-0.15, -0.1) is 0 Å². The summed E-state index contributed by atoms with van der Waals surface area (Å²) in [6, 6.07) is 2.72. The molecule has 0 bridgehead atoms. The number of likely N-dealkylation sites (tertiary alicyclic amines) is 1. The lowest BCUT2D eigenvalue weighted by molar-refractivity contribution is -0.119. The van der Waals surface area contributed by atoms with Crippen LogP contribution in [-0.4, -0.2) is 58.2 Å². The highest BCUT2D eigenvalue weighted by molar-refractivity contribution is 7.92. The lowest BCUT2D eigenvalue weighted by Gasteiger charge is -2.26. The predicted molar refractivity (Wildman–Crippen MR) is 96.5 cm³/mol. The van der Waals surface area contributed by atoms with E-state index in [9.17, 15) is 22.0 Å². The number of anilines is 1. The number of hydrogen-bond acceptors (Lipinski definition) is 4. The van der Waals surface area contributed by atoms with Crippen molar-refractivity contribution in [1.82, 2.24) is 10.2 Å². The van der Waals surface area contributed by atoms with Gasteiger partial charge in [0.2, 0.25) is 15.9 Å². The van der Waals surface area contributed by atoms with Gasteiger partial charge in [0, 0.05) is 12.6 Å². The number of carbonyl (C=O) groups excluding carboxylic acids is 1. The fourth-order valence-electron chi connectivity index (χ4n) is 2.94. The zero-order valence-electron chi connectivity index (χ0n) is 14.9. The number of benzene rings is 1. The smallest absolute Gasteiger partial charge is 0.240 e. The van der Waals surface area contributed by atoms with E-state index < -0.39 is 34.1 Å². The Morgan fingerprint density at radius 3 is 2.50 bits per heavy atom. The first-order chi connectivity index (χ1) is 12.3. The number of sulfonamides is 1. The summed E-state index contributed by atoms with van der Waals surface area (Å²) in [5.74, 6) is -2.73. The first-order valence-corrected chi connectivity index (χ1v) is 10.5. The Kier molecular flexibility index (Phi) is 7.33. The third-order valence-electron chi connectivity index (χ3n) is 4.30. The van der Waals surface area contributed by atoms with Crippen LogP contribution in [0.1, 0.15) is 25.7 Å². The summed E-state index contributed by atoms with van der Waals surface area (Å²) < 4.78 is 51.0. The van der Waals surface area contributed by atoms with E-state index in [1.807, 2.05) is 0 Å². The molecule has 9 heteroatoms. The average Bonchev–Trinajstić information content (AvgIpc) is 2.59. The topological polar surface area (TPSA) is 69.7 Å². The molecule has 6 nitrogen and oxygen atoms in total. The first kappa shape index (κ1) is 20.6. The van der Waals surface area contributed by atoms with Crippen LogP contribution in [0.3, 0.4) is 0 Å². The van der Waals surface area contributed by atoms with E-state index in [2.05, 4.69) is 10.2 Å². The maximum absolute atomic E-state index is 13.4. The molecule has 1 amide bonds. The minimum Gasteiger partial charge on any atom is -0.354 e. The van der Waals surface area contributed by atoms with Gasteiger partial charge in [-0.25, -0.2) is 17.2 Å². The first-order valence-electron chi connectivity index (χ1n) is 8.69. The molecular formula is C17H25F2N3O3S. The molecule has 0 radical (unpaired) electrons. The molecule has 1 aliphatic heterocycles. The highest BCUT2D eigenvalue weighted by Crippen LogP contribution is 2.20. The third-order valence-corrected chi connectivity index (χ3v) is 5.44. The van der Waals surface area contributed by atoms with Gasteiger partial charge in [0.15, 0.2) is 11.6 Å². The quantitative estimate of drug-likeness (QED) is 0.688. The summed E-state index contributed by atoms with van der Waals surface area (Å²) in [4.78, 5) is 14.4. The van der Waals surface area contributed by atoms with Gasteiger partial charge in [0.25, 0.3) is 0 Å². The molecule has 1 saturated heterocycles. The summed E-state index contributed by atoms with van der Waals surface area (Å²) >= 11 is 0. The number of rotatable bonds is 8. The second kappa shape index (κ2) is 9.27. The van der Waals surface area contributed by atoms with Gasteiger partial charge in [0.05, 0.1) is 11.9 Å². The molecule has 0 aliphatic carbocycles. The molecule has 0 aromatic heterocycles. The molecule has 2 rings (SSSR count). The Balaban J connectivity index is 1.87. The van der Waals surface area contributed by atoms with Crippen LogP contribution in [0.15, 0.2) is 18.2 Å². The van der Waals surface area contributed by atoms with Crippen LogP contribution in [0.2, 0.25) is 0 Å². The van der Waals surface area contributed by atoms with Crippen LogP contribution >= 0.6 is 0 Å². The molecule has 1 heterocycles. The number of nitrogens with one attached hydrogen (secondary N) is 1. The molecule has 0 atom stereocenters. The van der Waals surface area contributed by atoms with E-state index in [0.29, 0.717) is 6.54 Å². The standard InChI is InChI=1S/C17H25F2N3O3S/c1-26(24,25)22(14-6-7-15(18)16(19)12-14)13-17(23)20-8-5-11-21-9-3-2-4-10-21/h6-7,12H,2-5,8-11,13H2,1H3,(H,20,23). The van der Waals surface area contributed by atoms with E-state index in [0.717, 1.165) is 54.8 Å². The van der Waals surface area contributed by atoms with Crippen molar-refractivity contribution in [2.24, 2.45) is 0 Å². The molecule has 1 N–H and O–H groups in total. The fourth-order valence-corrected chi connectivity index (χ4v) is 3.79. The van der Waals surface area contributed by atoms with E-state index in [-0.39, 0.29) is 5.69 Å². The molecule has 1 aliphatic rings. The van der Waals surface area contributed by atoms with Crippen molar-refractivity contribution < 1.29 is 22.0 Å². The monoisotopic (exact) mass is 389 g/mol. The summed E-state index contributed by atoms with van der Waals surface area (Å²) in [6.07, 6.45) is 5.35. The minimum atomic E-state index is -3.82. The normalized spacial score (nSPS) is 15.7. The second-order valence-corrected chi connectivity index (χ2v) is 8.38. The zero-order valence-corrected chi connectivity index (χ0v) is 15.7. The van der Waals surface area contributed by atoms with E-state index in [4.69, 9.17) is 0 Å². The summed E-state index contributed by atoms with van der Waals surface area (Å²) in [5.41, 5.74) is -0.0881. The highest BCUT2D eigenvalue weighted by atomic mass is 32.2. The lowest BCUT2D eigenvalue weighted by Crippen LogP contribution is -2.41. The molecule has 1 aromatic carbocycles. The Labute approximate surface area is 153 Å². The molecule has 0 spiro atoms. The van der Waals surface area contributed by atoms with Crippen LogP contribution in [0.4, 0.5) is 14.5 Å². The Morgan fingerprint density at radius 2 is 1.88 bits per heavy atom. The minimum absolute atomic E-state index is 0.0881. The van der Waals surface area contributed by atoms with Gasteiger partial charge in [0.1, 0.15) is 6.54 Å². The average molecular weight is 389 g/mol. The van der Waals surface area contributed by atoms with Gasteiger partial charge in [-0.2, -0.15) is 0 Å². The van der Waals surface area contributed by atoms with E-state index in [1.165, 1.54) is 19.3 Å². The molecule has 1 fully saturated rings. The summed E-state index contributed by atoms with van der Waals surface area (Å²) in [5, 5.41) is 2.68. The Morgan fingerprint density at radius 1 is 1.19 bits per heavy atom. The van der Waals surface area contributed by atoms with Crippen LogP contribution in [-0.2, 0) is 14.8 Å². The predicted octanol–water partition coefficient (Wildman–Crippen LogP) is 1.72. The van der Waals surface area contributed by atoms with Crippen molar-refractivity contribution in [2.45, 2.75) is 25.7 Å². The number of carbonyl (C=O) groups is 1. The van der Waals surface area contributed by atoms with Crippen LogP contribution in [0, 0.1) is 11.6 Å². The van der Waals surface area contributed by atoms with Gasteiger partial charge in [-0.1, -0.05) is 6.42 Å². The van der Waals surface area contributed by atoms with Crippen molar-refractivity contribution in [2.75, 3.05) is 43.3 Å². The van der Waals surface area contributed by atoms with Gasteiger partial charge < -0.3 is 10.2 Å². The maximum Gasteiger partial charge on any atom is 0.240 e. The van der Waals surface area contributed by atoms with Crippen molar-refractivity contribution in [3.63, 3.8) is 0 Å². The number of amides is 1. The SMILES string of the molecule is CS(=O)(=O)N(CC(=O)NCCCN1CCCCC1)c1ccc(F)c(F)c1. The van der Waals surface area contributed by atoms with E-state index >= 15 is 0 Å². The van der Waals surface area contributed by atoms with Gasteiger partial charge in [-0.3, -0.25) is 9.10 Å². The Bertz CT molecular complexity index is 722. The van der Waals surface area contributed by atoms with Crippen molar-refractivity contribution in [3.05, 3.63) is 29.8 Å². The van der Waals surface area contributed by atoms with E-state index in [1.54, 1.807) is 0 Å². The van der Waals surface area contributed by atoms with Gasteiger partial charge >= 0.3 is 0 Å². The highest BCUT2D eigenvalue weighted by Gasteiger charge is 2.22. The van der Waals surface area contributed by atoms with Crippen molar-refractivity contribution in [1.29, 1.82) is 0 Å². The summed E-state index contributed by atoms with van der Waals surface area (Å²) in [6.45, 7) is 3.00. The largest absolute Gasteiger partial charge is 0.354 e. The lowest BCUT2D eigenvalue weighted by atomic mass is 10.1. The van der Waals surface area contributed by atoms with Crippen LogP contribution < -0.4 is 9.62 Å². The zero-order chi connectivity index (χ0) is 19.2. The number of piperidine rings is 1. The van der Waals surface area contributed by atoms with Crippen molar-refractivity contribution >= 4 is 21.6 Å². The molecule has 26 heavy (non-hydrogen) atoms. The molecule has 0 unspecified atom stereocenters. The maximum atomic E-state index is 13.4. The third kappa shape index (κ3) is 6.21. The fraction of sp³-hybridized carbons (Fsp3) is 0.588. The molecular weight excluding hydrogens is 364 g/mol. The van der Waals surface area contributed by atoms with Crippen molar-refractivity contribution in [3.8, 4) is 0 Å². The second-order valence-electron chi connectivity index (χ2n) is 6.47. The molecule has 146 valence electrons. The van der Waals surface area contributed by atoms with Crippen LogP contribution in [0.5, 0.6) is 0 Å². The Hall–Kier alpha value is -1.74. The van der Waals surface area contributed by atoms with Gasteiger partial charge in [-0.05, 0) is 51.0 Å². The molecule has 1 aromatic rings. The summed E-state index contributed by atoms with van der Waals surface area (Å²) in [7, 11) is -3.82. The van der Waals surface area contributed by atoms with Crippen LogP contribution in [0.25, 0.3) is 0 Å².